The van der Waals surface area contributed by atoms with Gasteiger partial charge in [-0.2, -0.15) is 0 Å². The lowest BCUT2D eigenvalue weighted by Crippen LogP contribution is -1.91. The standard InChI is InChI=1S/C10H15O2P/c1-4-6-8-13(11)12-9-10(3)7-5-2/h2,4,13H,1,3,6-9H2. The minimum absolute atomic E-state index is 0.305. The van der Waals surface area contributed by atoms with E-state index in [0.29, 0.717) is 19.2 Å². The van der Waals surface area contributed by atoms with Crippen LogP contribution in [0.4, 0.5) is 0 Å². The summed E-state index contributed by atoms with van der Waals surface area (Å²) in [5.74, 6) is 2.45. The molecule has 0 aliphatic rings. The zero-order valence-electron chi connectivity index (χ0n) is 7.71. The molecule has 0 spiro atoms. The monoisotopic (exact) mass is 198 g/mol. The summed E-state index contributed by atoms with van der Waals surface area (Å²) < 4.78 is 16.2. The lowest BCUT2D eigenvalue weighted by Gasteiger charge is -2.03. The van der Waals surface area contributed by atoms with Crippen molar-refractivity contribution in [1.29, 1.82) is 0 Å². The Hall–Kier alpha value is -0.770. The number of hydrogen-bond acceptors (Lipinski definition) is 2. The molecule has 0 aromatic heterocycles. The highest BCUT2D eigenvalue weighted by Crippen LogP contribution is 2.24. The molecule has 1 unspecified atom stereocenters. The summed E-state index contributed by atoms with van der Waals surface area (Å²) in [6.45, 7) is 7.53. The second-order valence-corrected chi connectivity index (χ2v) is 4.15. The van der Waals surface area contributed by atoms with Crippen molar-refractivity contribution in [2.45, 2.75) is 12.8 Å². The van der Waals surface area contributed by atoms with Gasteiger partial charge in [0.05, 0.1) is 6.61 Å². The molecule has 0 amide bonds. The van der Waals surface area contributed by atoms with E-state index in [0.717, 1.165) is 12.0 Å². The first-order valence-corrected chi connectivity index (χ1v) is 5.59. The van der Waals surface area contributed by atoms with Crippen LogP contribution in [-0.2, 0) is 9.09 Å². The van der Waals surface area contributed by atoms with Crippen molar-refractivity contribution < 1.29 is 9.09 Å². The van der Waals surface area contributed by atoms with Crippen LogP contribution < -0.4 is 0 Å². The van der Waals surface area contributed by atoms with E-state index in [4.69, 9.17) is 10.9 Å². The topological polar surface area (TPSA) is 26.3 Å². The van der Waals surface area contributed by atoms with Gasteiger partial charge in [-0.05, 0) is 12.0 Å². The molecule has 1 atom stereocenters. The highest BCUT2D eigenvalue weighted by atomic mass is 31.1. The molecule has 0 saturated carbocycles. The van der Waals surface area contributed by atoms with Crippen molar-refractivity contribution in [2.24, 2.45) is 0 Å². The Bertz CT molecular complexity index is 238. The third kappa shape index (κ3) is 7.59. The summed E-state index contributed by atoms with van der Waals surface area (Å²) in [5, 5.41) is 0. The van der Waals surface area contributed by atoms with E-state index in [1.807, 2.05) is 0 Å². The molecule has 0 saturated heterocycles. The maximum atomic E-state index is 11.1. The molecular formula is C10H15O2P. The summed E-state index contributed by atoms with van der Waals surface area (Å²) in [4.78, 5) is 0. The molecule has 0 aliphatic heterocycles. The third-order valence-corrected chi connectivity index (χ3v) is 2.51. The molecule has 2 nitrogen and oxygen atoms in total. The first kappa shape index (κ1) is 12.2. The van der Waals surface area contributed by atoms with Crippen LogP contribution in [0.3, 0.4) is 0 Å². The van der Waals surface area contributed by atoms with Gasteiger partial charge in [0, 0.05) is 12.6 Å². The Kier molecular flexibility index (Phi) is 7.39. The van der Waals surface area contributed by atoms with Crippen LogP contribution in [0.15, 0.2) is 24.8 Å². The van der Waals surface area contributed by atoms with Gasteiger partial charge in [0.2, 0.25) is 0 Å². The first-order chi connectivity index (χ1) is 6.20. The lowest BCUT2D eigenvalue weighted by molar-refractivity contribution is 0.360. The van der Waals surface area contributed by atoms with Crippen LogP contribution in [0.25, 0.3) is 0 Å². The van der Waals surface area contributed by atoms with Crippen LogP contribution in [-0.4, -0.2) is 12.8 Å². The summed E-state index contributed by atoms with van der Waals surface area (Å²) in [7, 11) is -1.92. The van der Waals surface area contributed by atoms with E-state index in [9.17, 15) is 4.57 Å². The average molecular weight is 198 g/mol. The first-order valence-electron chi connectivity index (χ1n) is 4.07. The Morgan fingerprint density at radius 1 is 1.69 bits per heavy atom. The average Bonchev–Trinajstić information content (AvgIpc) is 2.12. The smallest absolute Gasteiger partial charge is 0.192 e. The van der Waals surface area contributed by atoms with Gasteiger partial charge in [0.1, 0.15) is 0 Å². The maximum Gasteiger partial charge on any atom is 0.192 e. The van der Waals surface area contributed by atoms with Crippen LogP contribution >= 0.6 is 8.03 Å². The summed E-state index contributed by atoms with van der Waals surface area (Å²) in [6.07, 6.45) is 8.55. The SMILES string of the molecule is C#CCC(=C)CO[PH](=O)CCC=C. The zero-order chi connectivity index (χ0) is 10.1. The molecule has 0 aromatic rings. The molecule has 0 rings (SSSR count). The Morgan fingerprint density at radius 3 is 2.92 bits per heavy atom. The molecule has 3 heteroatoms. The fourth-order valence-corrected chi connectivity index (χ4v) is 1.62. The van der Waals surface area contributed by atoms with Crippen LogP contribution in [0, 0.1) is 12.3 Å². The van der Waals surface area contributed by atoms with Crippen molar-refractivity contribution in [2.75, 3.05) is 12.8 Å². The predicted octanol–water partition coefficient (Wildman–Crippen LogP) is 2.63. The molecular weight excluding hydrogens is 183 g/mol. The number of rotatable bonds is 7. The molecule has 0 aliphatic carbocycles. The van der Waals surface area contributed by atoms with Crippen molar-refractivity contribution in [3.63, 3.8) is 0 Å². The second kappa shape index (κ2) is 7.86. The van der Waals surface area contributed by atoms with Gasteiger partial charge in [-0.1, -0.05) is 12.7 Å². The molecule has 0 aromatic carbocycles. The highest BCUT2D eigenvalue weighted by molar-refractivity contribution is 7.39. The Labute approximate surface area is 80.5 Å². The second-order valence-electron chi connectivity index (χ2n) is 2.62. The van der Waals surface area contributed by atoms with Crippen LogP contribution in [0.1, 0.15) is 12.8 Å². The predicted molar refractivity (Wildman–Crippen MR) is 57.2 cm³/mol. The van der Waals surface area contributed by atoms with Crippen LogP contribution in [0.5, 0.6) is 0 Å². The van der Waals surface area contributed by atoms with Gasteiger partial charge in [0.25, 0.3) is 0 Å². The van der Waals surface area contributed by atoms with E-state index in [-0.39, 0.29) is 0 Å². The fraction of sp³-hybridized carbons (Fsp3) is 0.400. The highest BCUT2D eigenvalue weighted by Gasteiger charge is 1.99. The summed E-state index contributed by atoms with van der Waals surface area (Å²) in [5.41, 5.74) is 0.791. The van der Waals surface area contributed by atoms with Gasteiger partial charge in [-0.25, -0.2) is 0 Å². The quantitative estimate of drug-likeness (QED) is 0.357. The van der Waals surface area contributed by atoms with Crippen LogP contribution in [0.2, 0.25) is 0 Å². The molecule has 0 N–H and O–H groups in total. The minimum atomic E-state index is -1.92. The van der Waals surface area contributed by atoms with Crippen molar-refractivity contribution in [1.82, 2.24) is 0 Å². The number of hydrogen-bond donors (Lipinski definition) is 0. The lowest BCUT2D eigenvalue weighted by atomic mass is 10.2. The molecule has 72 valence electrons. The van der Waals surface area contributed by atoms with Gasteiger partial charge < -0.3 is 4.52 Å². The Morgan fingerprint density at radius 2 is 2.38 bits per heavy atom. The van der Waals surface area contributed by atoms with E-state index in [2.05, 4.69) is 19.1 Å². The molecule has 0 fully saturated rings. The van der Waals surface area contributed by atoms with Crippen molar-refractivity contribution in [3.8, 4) is 12.3 Å². The molecule has 0 heterocycles. The largest absolute Gasteiger partial charge is 0.326 e. The summed E-state index contributed by atoms with van der Waals surface area (Å²) >= 11 is 0. The van der Waals surface area contributed by atoms with E-state index < -0.39 is 8.03 Å². The maximum absolute atomic E-state index is 11.1. The van der Waals surface area contributed by atoms with Gasteiger partial charge >= 0.3 is 0 Å². The molecule has 13 heavy (non-hydrogen) atoms. The fourth-order valence-electron chi connectivity index (χ4n) is 0.670. The van der Waals surface area contributed by atoms with Gasteiger partial charge in [-0.3, -0.25) is 4.57 Å². The normalized spacial score (nSPS) is 11.6. The van der Waals surface area contributed by atoms with E-state index >= 15 is 0 Å². The summed E-state index contributed by atoms with van der Waals surface area (Å²) in [6, 6.07) is 0. The van der Waals surface area contributed by atoms with Gasteiger partial charge in [0.15, 0.2) is 8.03 Å². The third-order valence-electron chi connectivity index (χ3n) is 1.34. The number of allylic oxidation sites excluding steroid dienone is 1. The molecule has 0 bridgehead atoms. The van der Waals surface area contributed by atoms with Gasteiger partial charge in [-0.15, -0.1) is 18.9 Å². The van der Waals surface area contributed by atoms with Crippen molar-refractivity contribution >= 4 is 8.03 Å². The van der Waals surface area contributed by atoms with E-state index in [1.54, 1.807) is 6.08 Å². The minimum Gasteiger partial charge on any atom is -0.326 e. The van der Waals surface area contributed by atoms with E-state index in [1.165, 1.54) is 0 Å². The number of terminal acetylenes is 1. The van der Waals surface area contributed by atoms with Crippen molar-refractivity contribution in [3.05, 3.63) is 24.8 Å². The molecule has 0 radical (unpaired) electrons. The Balaban J connectivity index is 3.52. The zero-order valence-corrected chi connectivity index (χ0v) is 8.71.